The highest BCUT2D eigenvalue weighted by Crippen LogP contribution is 2.37. The summed E-state index contributed by atoms with van der Waals surface area (Å²) >= 11 is 0. The molecule has 0 unspecified atom stereocenters. The molecule has 3 heterocycles. The first-order valence-electron chi connectivity index (χ1n) is 17.1. The van der Waals surface area contributed by atoms with E-state index in [1.165, 1.54) is 31.2 Å². The number of para-hydroxylation sites is 1. The minimum Gasteiger partial charge on any atom is -0.492 e. The lowest BCUT2D eigenvalue weighted by molar-refractivity contribution is -0.134. The summed E-state index contributed by atoms with van der Waals surface area (Å²) in [7, 11) is 0. The molecule has 2 amide bonds. The number of nitrogens with zero attached hydrogens (tertiary/aromatic N) is 2. The second-order valence-electron chi connectivity index (χ2n) is 12.8. The smallest absolute Gasteiger partial charge is 0.251 e. The fraction of sp³-hybridized carbons (Fsp3) is 0.611. The third-order valence-corrected chi connectivity index (χ3v) is 9.70. The Morgan fingerprint density at radius 3 is 2.48 bits per heavy atom. The van der Waals surface area contributed by atoms with Crippen molar-refractivity contribution in [3.63, 3.8) is 0 Å². The van der Waals surface area contributed by atoms with E-state index in [0.717, 1.165) is 95.7 Å². The first kappa shape index (κ1) is 32.3. The van der Waals surface area contributed by atoms with Crippen molar-refractivity contribution >= 4 is 11.8 Å². The Labute approximate surface area is 263 Å². The molecule has 0 aliphatic carbocycles. The van der Waals surface area contributed by atoms with Gasteiger partial charge in [-0.1, -0.05) is 49.9 Å². The first-order chi connectivity index (χ1) is 21.6. The number of carbonyl (C=O) groups is 2. The van der Waals surface area contributed by atoms with E-state index in [-0.39, 0.29) is 17.2 Å². The van der Waals surface area contributed by atoms with Gasteiger partial charge in [0.1, 0.15) is 24.7 Å². The number of likely N-dealkylation sites (tertiary alicyclic amines) is 2. The van der Waals surface area contributed by atoms with Crippen LogP contribution >= 0.6 is 0 Å². The molecule has 2 fully saturated rings. The van der Waals surface area contributed by atoms with Crippen LogP contribution in [0.15, 0.2) is 48.5 Å². The summed E-state index contributed by atoms with van der Waals surface area (Å²) in [5.74, 6) is 1.79. The molecule has 0 radical (unpaired) electrons. The fourth-order valence-electron chi connectivity index (χ4n) is 6.92. The molecule has 1 spiro atoms. The number of carbonyl (C=O) groups excluding carboxylic acids is 2. The van der Waals surface area contributed by atoms with E-state index in [2.05, 4.69) is 32.6 Å². The second-order valence-corrected chi connectivity index (χ2v) is 12.8. The number of benzene rings is 2. The average molecular weight is 605 g/mol. The Kier molecular flexibility index (Phi) is 12.4. The summed E-state index contributed by atoms with van der Waals surface area (Å²) in [5, 5.41) is 6.28. The zero-order valence-corrected chi connectivity index (χ0v) is 26.5. The van der Waals surface area contributed by atoms with E-state index in [1.54, 1.807) is 0 Å². The molecule has 2 aromatic carbocycles. The highest BCUT2D eigenvalue weighted by atomic mass is 16.5. The van der Waals surface area contributed by atoms with E-state index in [4.69, 9.17) is 9.47 Å². The van der Waals surface area contributed by atoms with Crippen LogP contribution in [0.3, 0.4) is 0 Å². The number of ether oxygens (including phenoxy) is 2. The van der Waals surface area contributed by atoms with E-state index in [0.29, 0.717) is 31.9 Å². The van der Waals surface area contributed by atoms with Crippen LogP contribution in [-0.2, 0) is 11.2 Å². The van der Waals surface area contributed by atoms with Crippen LogP contribution in [-0.4, -0.2) is 87.2 Å². The van der Waals surface area contributed by atoms with Gasteiger partial charge in [-0.15, -0.1) is 0 Å². The molecule has 0 aromatic heterocycles. The zero-order chi connectivity index (χ0) is 30.5. The van der Waals surface area contributed by atoms with Crippen molar-refractivity contribution in [3.8, 4) is 11.5 Å². The van der Waals surface area contributed by atoms with Gasteiger partial charge >= 0.3 is 0 Å². The summed E-state index contributed by atoms with van der Waals surface area (Å²) in [6.45, 7) is 7.98. The monoisotopic (exact) mass is 604 g/mol. The third-order valence-electron chi connectivity index (χ3n) is 9.70. The molecule has 2 saturated heterocycles. The summed E-state index contributed by atoms with van der Waals surface area (Å²) in [4.78, 5) is 31.2. The van der Waals surface area contributed by atoms with Gasteiger partial charge in [0.25, 0.3) is 5.91 Å². The third kappa shape index (κ3) is 9.45. The van der Waals surface area contributed by atoms with Crippen LogP contribution in [0.4, 0.5) is 0 Å². The standard InChI is InChI=1S/C36H52N4O4/c41-34(31-13-10-14-32(29-31)43-28-26-39-21-8-1-2-9-22-39)37-19-25-40-23-17-36(18-24-40)16-7-3-4-11-30-12-5-6-15-33(30)44-27-20-38-35(36)42/h5-6,10,12-15,29H,1-4,7-9,11,16-28H2,(H,37,41)(H,38,42). The van der Waals surface area contributed by atoms with Crippen molar-refractivity contribution < 1.29 is 19.1 Å². The van der Waals surface area contributed by atoms with Gasteiger partial charge in [0.15, 0.2) is 0 Å². The van der Waals surface area contributed by atoms with E-state index < -0.39 is 0 Å². The van der Waals surface area contributed by atoms with Crippen LogP contribution in [0, 0.1) is 5.41 Å². The van der Waals surface area contributed by atoms with Crippen molar-refractivity contribution in [2.45, 2.75) is 70.6 Å². The Morgan fingerprint density at radius 2 is 1.64 bits per heavy atom. The lowest BCUT2D eigenvalue weighted by Crippen LogP contribution is -2.50. The minimum atomic E-state index is -0.311. The molecule has 2 aromatic rings. The van der Waals surface area contributed by atoms with Crippen molar-refractivity contribution in [3.05, 3.63) is 59.7 Å². The molecular formula is C36H52N4O4. The molecule has 3 aliphatic heterocycles. The van der Waals surface area contributed by atoms with Crippen LogP contribution < -0.4 is 20.1 Å². The number of hydrogen-bond donors (Lipinski definition) is 2. The van der Waals surface area contributed by atoms with Crippen molar-refractivity contribution in [2.24, 2.45) is 5.41 Å². The molecular weight excluding hydrogens is 552 g/mol. The van der Waals surface area contributed by atoms with Gasteiger partial charge in [-0.3, -0.25) is 14.5 Å². The summed E-state index contributed by atoms with van der Waals surface area (Å²) in [6.07, 6.45) is 12.1. The Morgan fingerprint density at radius 1 is 0.864 bits per heavy atom. The van der Waals surface area contributed by atoms with Crippen molar-refractivity contribution in [1.82, 2.24) is 20.4 Å². The minimum absolute atomic E-state index is 0.0737. The number of aryl methyl sites for hydroxylation is 1. The van der Waals surface area contributed by atoms with Gasteiger partial charge in [-0.2, -0.15) is 0 Å². The molecule has 0 saturated carbocycles. The van der Waals surface area contributed by atoms with E-state index in [1.807, 2.05) is 36.4 Å². The number of fused-ring (bicyclic) bond motifs is 1. The molecule has 8 nitrogen and oxygen atoms in total. The Bertz CT molecular complexity index is 1190. The van der Waals surface area contributed by atoms with Gasteiger partial charge in [0, 0.05) is 25.2 Å². The first-order valence-corrected chi connectivity index (χ1v) is 17.1. The second kappa shape index (κ2) is 16.8. The largest absolute Gasteiger partial charge is 0.492 e. The fourth-order valence-corrected chi connectivity index (χ4v) is 6.92. The van der Waals surface area contributed by atoms with Gasteiger partial charge in [-0.25, -0.2) is 0 Å². The van der Waals surface area contributed by atoms with Crippen molar-refractivity contribution in [2.75, 3.05) is 65.6 Å². The SMILES string of the molecule is O=C(NCCN1CCC2(CCCCCc3ccccc3OCCNC2=O)CC1)c1cccc(OCCN2CCCCCC2)c1. The topological polar surface area (TPSA) is 83.1 Å². The van der Waals surface area contributed by atoms with Crippen molar-refractivity contribution in [1.29, 1.82) is 0 Å². The lowest BCUT2D eigenvalue weighted by Gasteiger charge is -2.41. The number of hydrogen-bond acceptors (Lipinski definition) is 6. The molecule has 0 atom stereocenters. The quantitative estimate of drug-likeness (QED) is 0.438. The summed E-state index contributed by atoms with van der Waals surface area (Å²) in [6, 6.07) is 15.8. The summed E-state index contributed by atoms with van der Waals surface area (Å²) in [5.41, 5.74) is 1.57. The molecule has 0 bridgehead atoms. The highest BCUT2D eigenvalue weighted by molar-refractivity contribution is 5.94. The van der Waals surface area contributed by atoms with Gasteiger partial charge in [0.2, 0.25) is 5.91 Å². The maximum Gasteiger partial charge on any atom is 0.251 e. The van der Waals surface area contributed by atoms with Gasteiger partial charge in [-0.05, 0) is 101 Å². The number of amides is 2. The molecule has 5 rings (SSSR count). The Hall–Kier alpha value is -3.10. The normalized spacial score (nSPS) is 20.5. The summed E-state index contributed by atoms with van der Waals surface area (Å²) < 4.78 is 12.0. The van der Waals surface area contributed by atoms with E-state index in [9.17, 15) is 9.59 Å². The number of nitrogens with one attached hydrogen (secondary N) is 2. The molecule has 8 heteroatoms. The van der Waals surface area contributed by atoms with E-state index >= 15 is 0 Å². The van der Waals surface area contributed by atoms with Crippen LogP contribution in [0.1, 0.15) is 80.1 Å². The Balaban J connectivity index is 1.03. The molecule has 2 N–H and O–H groups in total. The average Bonchev–Trinajstić information content (AvgIpc) is 3.32. The number of rotatable bonds is 8. The predicted molar refractivity (Wildman–Crippen MR) is 174 cm³/mol. The zero-order valence-electron chi connectivity index (χ0n) is 26.5. The maximum absolute atomic E-state index is 13.4. The van der Waals surface area contributed by atoms with Crippen LogP contribution in [0.25, 0.3) is 0 Å². The predicted octanol–water partition coefficient (Wildman–Crippen LogP) is 5.07. The van der Waals surface area contributed by atoms with Crippen LogP contribution in [0.5, 0.6) is 11.5 Å². The van der Waals surface area contributed by atoms with Gasteiger partial charge in [0.05, 0.1) is 12.0 Å². The van der Waals surface area contributed by atoms with Gasteiger partial charge < -0.3 is 25.0 Å². The molecule has 240 valence electrons. The highest BCUT2D eigenvalue weighted by Gasteiger charge is 2.40. The lowest BCUT2D eigenvalue weighted by atomic mass is 9.73. The number of piperidine rings is 1. The van der Waals surface area contributed by atoms with Crippen LogP contribution in [0.2, 0.25) is 0 Å². The molecule has 3 aliphatic rings. The maximum atomic E-state index is 13.4. The molecule has 44 heavy (non-hydrogen) atoms.